The smallest absolute Gasteiger partial charge is 0.277 e. The molecular weight excluding hydrogens is 238 g/mol. The number of anilines is 1. The Bertz CT molecular complexity index is 398. The highest BCUT2D eigenvalue weighted by Crippen LogP contribution is 2.20. The van der Waals surface area contributed by atoms with E-state index in [2.05, 4.69) is 23.5 Å². The molecule has 0 saturated carbocycles. The molecule has 6 heteroatoms. The zero-order valence-corrected chi connectivity index (χ0v) is 11.1. The summed E-state index contributed by atoms with van der Waals surface area (Å²) in [6.45, 7) is 4.61. The van der Waals surface area contributed by atoms with Crippen LogP contribution >= 0.6 is 11.8 Å². The van der Waals surface area contributed by atoms with Gasteiger partial charge in [-0.3, -0.25) is 10.1 Å². The fourth-order valence-electron chi connectivity index (χ4n) is 1.33. The zero-order chi connectivity index (χ0) is 12.8. The molecule has 1 N–H and O–H groups in total. The van der Waals surface area contributed by atoms with Crippen molar-refractivity contribution in [1.29, 1.82) is 0 Å². The number of hydrogen-bond donors (Lipinski definition) is 1. The summed E-state index contributed by atoms with van der Waals surface area (Å²) in [6.07, 6.45) is 4.60. The third-order valence-electron chi connectivity index (χ3n) is 2.53. The fraction of sp³-hybridized carbons (Fsp3) is 0.545. The van der Waals surface area contributed by atoms with E-state index < -0.39 is 0 Å². The molecule has 1 aromatic rings. The molecule has 1 heterocycles. The molecule has 0 aliphatic rings. The number of nitrogens with one attached hydrogen (secondary N) is 1. The van der Waals surface area contributed by atoms with E-state index in [0.29, 0.717) is 16.6 Å². The molecule has 0 aliphatic carbocycles. The number of nitrogens with zero attached hydrogens (tertiary/aromatic N) is 2. The van der Waals surface area contributed by atoms with Gasteiger partial charge in [0.1, 0.15) is 5.82 Å². The topological polar surface area (TPSA) is 68.1 Å². The molecule has 1 rings (SSSR count). The number of aromatic nitrogens is 1. The van der Waals surface area contributed by atoms with E-state index in [0.717, 1.165) is 13.0 Å². The number of aryl methyl sites for hydroxylation is 1. The summed E-state index contributed by atoms with van der Waals surface area (Å²) in [5.41, 5.74) is 0.693. The van der Waals surface area contributed by atoms with Crippen molar-refractivity contribution in [3.05, 3.63) is 27.9 Å². The molecule has 1 atom stereocenters. The number of thioether (sulfide) groups is 1. The van der Waals surface area contributed by atoms with Gasteiger partial charge in [-0.15, -0.1) is 0 Å². The lowest BCUT2D eigenvalue weighted by Crippen LogP contribution is -2.09. The predicted molar refractivity (Wildman–Crippen MR) is 71.7 cm³/mol. The van der Waals surface area contributed by atoms with Crippen LogP contribution < -0.4 is 5.32 Å². The van der Waals surface area contributed by atoms with Gasteiger partial charge in [-0.1, -0.05) is 6.92 Å². The first kappa shape index (κ1) is 13.8. The van der Waals surface area contributed by atoms with E-state index in [9.17, 15) is 10.1 Å². The summed E-state index contributed by atoms with van der Waals surface area (Å²) in [5, 5.41) is 14.4. The van der Waals surface area contributed by atoms with E-state index in [4.69, 9.17) is 0 Å². The van der Waals surface area contributed by atoms with E-state index >= 15 is 0 Å². The molecular formula is C11H17N3O2S. The lowest BCUT2D eigenvalue weighted by atomic mass is 10.2. The van der Waals surface area contributed by atoms with Crippen LogP contribution in [0.2, 0.25) is 0 Å². The third kappa shape index (κ3) is 4.22. The molecule has 1 unspecified atom stereocenters. The minimum absolute atomic E-state index is 0.111. The Labute approximate surface area is 105 Å². The van der Waals surface area contributed by atoms with E-state index in [1.165, 1.54) is 12.3 Å². The zero-order valence-electron chi connectivity index (χ0n) is 10.3. The Morgan fingerprint density at radius 2 is 2.35 bits per heavy atom. The van der Waals surface area contributed by atoms with Gasteiger partial charge in [-0.05, 0) is 19.6 Å². The molecule has 0 saturated heterocycles. The molecule has 1 aromatic heterocycles. The van der Waals surface area contributed by atoms with Crippen LogP contribution in [-0.4, -0.2) is 28.0 Å². The van der Waals surface area contributed by atoms with Crippen molar-refractivity contribution in [3.63, 3.8) is 0 Å². The number of pyridine rings is 1. The second kappa shape index (κ2) is 6.44. The first-order chi connectivity index (χ1) is 8.04. The highest BCUT2D eigenvalue weighted by molar-refractivity contribution is 7.99. The minimum Gasteiger partial charge on any atom is -0.370 e. The summed E-state index contributed by atoms with van der Waals surface area (Å²) in [7, 11) is 0. The number of rotatable bonds is 6. The van der Waals surface area contributed by atoms with Crippen molar-refractivity contribution in [2.24, 2.45) is 0 Å². The summed E-state index contributed by atoms with van der Waals surface area (Å²) in [6, 6.07) is 1.49. The van der Waals surface area contributed by atoms with Gasteiger partial charge in [0.05, 0.1) is 11.0 Å². The van der Waals surface area contributed by atoms with Crippen molar-refractivity contribution in [1.82, 2.24) is 4.98 Å². The molecule has 0 fully saturated rings. The maximum absolute atomic E-state index is 10.7. The summed E-state index contributed by atoms with van der Waals surface area (Å²) in [5.74, 6) is 0.565. The van der Waals surface area contributed by atoms with E-state index in [1.54, 1.807) is 18.7 Å². The third-order valence-corrected chi connectivity index (χ3v) is 3.57. The van der Waals surface area contributed by atoms with Crippen LogP contribution in [-0.2, 0) is 0 Å². The Hall–Kier alpha value is -1.30. The summed E-state index contributed by atoms with van der Waals surface area (Å²) >= 11 is 1.80. The largest absolute Gasteiger partial charge is 0.370 e. The van der Waals surface area contributed by atoms with Gasteiger partial charge < -0.3 is 5.32 Å². The van der Waals surface area contributed by atoms with Gasteiger partial charge in [0, 0.05) is 23.6 Å². The quantitative estimate of drug-likeness (QED) is 0.625. The standard InChI is InChI=1S/C11H17N3O2S/c1-8-7-13-11(6-10(8)14(15)16)12-5-4-9(2)17-3/h6-7,9H,4-5H2,1-3H3,(H,12,13). The Morgan fingerprint density at radius 1 is 1.65 bits per heavy atom. The van der Waals surface area contributed by atoms with Gasteiger partial charge in [0.2, 0.25) is 0 Å². The van der Waals surface area contributed by atoms with E-state index in [-0.39, 0.29) is 10.6 Å². The van der Waals surface area contributed by atoms with Gasteiger partial charge >= 0.3 is 0 Å². The first-order valence-corrected chi connectivity index (χ1v) is 6.71. The molecule has 0 radical (unpaired) electrons. The Morgan fingerprint density at radius 3 is 2.94 bits per heavy atom. The van der Waals surface area contributed by atoms with Gasteiger partial charge in [-0.2, -0.15) is 11.8 Å². The molecule has 0 aromatic carbocycles. The predicted octanol–water partition coefficient (Wildman–Crippen LogP) is 2.85. The minimum atomic E-state index is -0.382. The monoisotopic (exact) mass is 255 g/mol. The van der Waals surface area contributed by atoms with Crippen molar-refractivity contribution in [3.8, 4) is 0 Å². The highest BCUT2D eigenvalue weighted by Gasteiger charge is 2.11. The second-order valence-corrected chi connectivity index (χ2v) is 5.15. The fourth-order valence-corrected chi connectivity index (χ4v) is 1.68. The van der Waals surface area contributed by atoms with Gasteiger partial charge in [0.15, 0.2) is 0 Å². The molecule has 0 aliphatic heterocycles. The maximum atomic E-state index is 10.7. The molecule has 0 spiro atoms. The number of hydrogen-bond acceptors (Lipinski definition) is 5. The Kier molecular flexibility index (Phi) is 5.21. The molecule has 5 nitrogen and oxygen atoms in total. The first-order valence-electron chi connectivity index (χ1n) is 5.42. The summed E-state index contributed by atoms with van der Waals surface area (Å²) < 4.78 is 0. The normalized spacial score (nSPS) is 12.2. The van der Waals surface area contributed by atoms with Gasteiger partial charge in [0.25, 0.3) is 5.69 Å². The lowest BCUT2D eigenvalue weighted by molar-refractivity contribution is -0.385. The highest BCUT2D eigenvalue weighted by atomic mass is 32.2. The van der Waals surface area contributed by atoms with E-state index in [1.807, 2.05) is 0 Å². The van der Waals surface area contributed by atoms with Crippen molar-refractivity contribution >= 4 is 23.3 Å². The van der Waals surface area contributed by atoms with Crippen LogP contribution in [0.25, 0.3) is 0 Å². The second-order valence-electron chi connectivity index (χ2n) is 3.87. The van der Waals surface area contributed by atoms with Crippen molar-refractivity contribution in [2.45, 2.75) is 25.5 Å². The van der Waals surface area contributed by atoms with Crippen LogP contribution in [0.4, 0.5) is 11.5 Å². The van der Waals surface area contributed by atoms with Crippen LogP contribution in [0.3, 0.4) is 0 Å². The van der Waals surface area contributed by atoms with Crippen LogP contribution in [0.5, 0.6) is 0 Å². The molecule has 0 bridgehead atoms. The average molecular weight is 255 g/mol. The number of nitro groups is 1. The van der Waals surface area contributed by atoms with Crippen LogP contribution in [0, 0.1) is 17.0 Å². The SMILES string of the molecule is CSC(C)CCNc1cc([N+](=O)[O-])c(C)cn1. The maximum Gasteiger partial charge on any atom is 0.277 e. The lowest BCUT2D eigenvalue weighted by Gasteiger charge is -2.09. The van der Waals surface area contributed by atoms with Crippen LogP contribution in [0.1, 0.15) is 18.9 Å². The van der Waals surface area contributed by atoms with Crippen molar-refractivity contribution < 1.29 is 4.92 Å². The molecule has 17 heavy (non-hydrogen) atoms. The Balaban J connectivity index is 2.60. The van der Waals surface area contributed by atoms with Crippen molar-refractivity contribution in [2.75, 3.05) is 18.1 Å². The van der Waals surface area contributed by atoms with Crippen LogP contribution in [0.15, 0.2) is 12.3 Å². The van der Waals surface area contributed by atoms with Gasteiger partial charge in [-0.25, -0.2) is 4.98 Å². The molecule has 94 valence electrons. The molecule has 0 amide bonds. The average Bonchev–Trinajstić information content (AvgIpc) is 2.30. The summed E-state index contributed by atoms with van der Waals surface area (Å²) in [4.78, 5) is 14.5.